The fourth-order valence-corrected chi connectivity index (χ4v) is 2.62. The number of thiazole rings is 1. The lowest BCUT2D eigenvalue weighted by atomic mass is 10.2. The first kappa shape index (κ1) is 16.3. The summed E-state index contributed by atoms with van der Waals surface area (Å²) in [5, 5.41) is 12.0. The summed E-state index contributed by atoms with van der Waals surface area (Å²) in [4.78, 5) is 16.1. The van der Waals surface area contributed by atoms with Crippen molar-refractivity contribution < 1.29 is 13.6 Å². The van der Waals surface area contributed by atoms with E-state index in [2.05, 4.69) is 20.7 Å². The number of anilines is 1. The van der Waals surface area contributed by atoms with E-state index in [9.17, 15) is 13.6 Å². The average Bonchev–Trinajstić information content (AvgIpc) is 3.05. The second kappa shape index (κ2) is 7.30. The molecule has 0 saturated carbocycles. The summed E-state index contributed by atoms with van der Waals surface area (Å²) in [6.07, 6.45) is -1.09. The highest BCUT2D eigenvalue weighted by molar-refractivity contribution is 7.09. The number of urea groups is 1. The molecule has 0 aromatic carbocycles. The quantitative estimate of drug-likeness (QED) is 0.856. The Morgan fingerprint density at radius 1 is 1.50 bits per heavy atom. The van der Waals surface area contributed by atoms with Gasteiger partial charge in [-0.15, -0.1) is 11.3 Å². The zero-order valence-electron chi connectivity index (χ0n) is 12.2. The number of halogens is 2. The average molecular weight is 329 g/mol. The Hall–Kier alpha value is -2.03. The molecule has 120 valence electrons. The molecule has 0 radical (unpaired) electrons. The molecule has 2 rings (SSSR count). The van der Waals surface area contributed by atoms with Gasteiger partial charge in [-0.25, -0.2) is 18.6 Å². The van der Waals surface area contributed by atoms with Crippen LogP contribution in [0.25, 0.3) is 0 Å². The number of rotatable bonds is 6. The van der Waals surface area contributed by atoms with Gasteiger partial charge in [0.2, 0.25) is 0 Å². The molecule has 0 fully saturated rings. The SMILES string of the molecule is Cc1csc([C@H](C)CNC(=O)Nc2ccn(CC(F)F)n2)n1. The number of carbonyl (C=O) groups is 1. The maximum absolute atomic E-state index is 12.2. The van der Waals surface area contributed by atoms with E-state index in [4.69, 9.17) is 0 Å². The van der Waals surface area contributed by atoms with E-state index in [1.165, 1.54) is 12.3 Å². The van der Waals surface area contributed by atoms with Crippen LogP contribution in [0.3, 0.4) is 0 Å². The van der Waals surface area contributed by atoms with Crippen molar-refractivity contribution in [1.82, 2.24) is 20.1 Å². The smallest absolute Gasteiger partial charge is 0.320 e. The molecule has 22 heavy (non-hydrogen) atoms. The molecule has 2 heterocycles. The van der Waals surface area contributed by atoms with Crippen molar-refractivity contribution in [3.8, 4) is 0 Å². The first-order valence-corrected chi connectivity index (χ1v) is 7.60. The summed E-state index contributed by atoms with van der Waals surface area (Å²) in [6, 6.07) is 1.04. The number of nitrogens with zero attached hydrogens (tertiary/aromatic N) is 3. The van der Waals surface area contributed by atoms with Gasteiger partial charge >= 0.3 is 6.03 Å². The predicted octanol–water partition coefficient (Wildman–Crippen LogP) is 2.84. The van der Waals surface area contributed by atoms with Crippen molar-refractivity contribution >= 4 is 23.2 Å². The molecule has 0 aliphatic carbocycles. The zero-order valence-corrected chi connectivity index (χ0v) is 13.0. The third-order valence-electron chi connectivity index (χ3n) is 2.83. The van der Waals surface area contributed by atoms with E-state index in [1.54, 1.807) is 11.3 Å². The summed E-state index contributed by atoms with van der Waals surface area (Å²) in [6.45, 7) is 3.82. The van der Waals surface area contributed by atoms with Crippen LogP contribution in [0.15, 0.2) is 17.6 Å². The fraction of sp³-hybridized carbons (Fsp3) is 0.462. The molecule has 0 bridgehead atoms. The highest BCUT2D eigenvalue weighted by Gasteiger charge is 2.12. The summed E-state index contributed by atoms with van der Waals surface area (Å²) < 4.78 is 25.5. The molecule has 6 nitrogen and oxygen atoms in total. The first-order valence-electron chi connectivity index (χ1n) is 6.72. The lowest BCUT2D eigenvalue weighted by Gasteiger charge is -2.10. The molecule has 2 amide bonds. The minimum absolute atomic E-state index is 0.0980. The number of nitrogens with one attached hydrogen (secondary N) is 2. The van der Waals surface area contributed by atoms with Gasteiger partial charge in [0.1, 0.15) is 6.54 Å². The van der Waals surface area contributed by atoms with Crippen LogP contribution >= 0.6 is 11.3 Å². The topological polar surface area (TPSA) is 71.8 Å². The highest BCUT2D eigenvalue weighted by atomic mass is 32.1. The maximum Gasteiger partial charge on any atom is 0.320 e. The summed E-state index contributed by atoms with van der Waals surface area (Å²) in [5.74, 6) is 0.330. The van der Waals surface area contributed by atoms with Gasteiger partial charge in [-0.05, 0) is 6.92 Å². The maximum atomic E-state index is 12.2. The number of carbonyl (C=O) groups excluding carboxylic acids is 1. The summed E-state index contributed by atoms with van der Waals surface area (Å²) in [5.41, 5.74) is 0.959. The van der Waals surface area contributed by atoms with E-state index < -0.39 is 19.0 Å². The normalized spacial score (nSPS) is 12.4. The van der Waals surface area contributed by atoms with Gasteiger partial charge in [0, 0.05) is 35.8 Å². The van der Waals surface area contributed by atoms with Gasteiger partial charge in [0.15, 0.2) is 5.82 Å². The van der Waals surface area contributed by atoms with Gasteiger partial charge in [0.25, 0.3) is 6.43 Å². The number of aromatic nitrogens is 3. The van der Waals surface area contributed by atoms with Crippen LogP contribution in [-0.4, -0.2) is 33.8 Å². The monoisotopic (exact) mass is 329 g/mol. The van der Waals surface area contributed by atoms with Crippen molar-refractivity contribution in [2.45, 2.75) is 32.7 Å². The molecule has 1 atom stereocenters. The molecule has 9 heteroatoms. The standard InChI is InChI=1S/C13H17F2N5OS/c1-8(12-17-9(2)7-22-12)5-16-13(21)18-11-3-4-20(19-11)6-10(14)15/h3-4,7-8,10H,5-6H2,1-2H3,(H2,16,18,19,21)/t8-/m1/s1. The van der Waals surface area contributed by atoms with Gasteiger partial charge < -0.3 is 5.32 Å². The van der Waals surface area contributed by atoms with Gasteiger partial charge in [-0.3, -0.25) is 10.00 Å². The van der Waals surface area contributed by atoms with Crippen molar-refractivity contribution in [3.63, 3.8) is 0 Å². The Bertz CT molecular complexity index is 627. The summed E-state index contributed by atoms with van der Waals surface area (Å²) >= 11 is 1.55. The Morgan fingerprint density at radius 3 is 2.91 bits per heavy atom. The van der Waals surface area contributed by atoms with Gasteiger partial charge in [-0.2, -0.15) is 5.10 Å². The lowest BCUT2D eigenvalue weighted by molar-refractivity contribution is 0.122. The van der Waals surface area contributed by atoms with E-state index in [1.807, 2.05) is 19.2 Å². The van der Waals surface area contributed by atoms with E-state index >= 15 is 0 Å². The van der Waals surface area contributed by atoms with Crippen LogP contribution in [0.2, 0.25) is 0 Å². The Balaban J connectivity index is 1.79. The third-order valence-corrected chi connectivity index (χ3v) is 4.03. The molecule has 0 saturated heterocycles. The zero-order chi connectivity index (χ0) is 16.1. The minimum Gasteiger partial charge on any atom is -0.337 e. The van der Waals surface area contributed by atoms with E-state index in [-0.39, 0.29) is 11.7 Å². The van der Waals surface area contributed by atoms with Crippen LogP contribution in [0, 0.1) is 6.92 Å². The number of alkyl halides is 2. The molecule has 0 aliphatic heterocycles. The number of hydrogen-bond acceptors (Lipinski definition) is 4. The van der Waals surface area contributed by atoms with Gasteiger partial charge in [0.05, 0.1) is 5.01 Å². The third kappa shape index (κ3) is 4.76. The Kier molecular flexibility index (Phi) is 5.42. The van der Waals surface area contributed by atoms with Crippen LogP contribution in [-0.2, 0) is 6.54 Å². The van der Waals surface area contributed by atoms with Crippen molar-refractivity contribution in [2.24, 2.45) is 0 Å². The second-order valence-electron chi connectivity index (χ2n) is 4.88. The van der Waals surface area contributed by atoms with Crippen LogP contribution in [0.4, 0.5) is 19.4 Å². The molecule has 2 aromatic heterocycles. The van der Waals surface area contributed by atoms with Crippen LogP contribution < -0.4 is 10.6 Å². The molecule has 0 aliphatic rings. The number of amides is 2. The molecule has 0 unspecified atom stereocenters. The van der Waals surface area contributed by atoms with Crippen LogP contribution in [0.5, 0.6) is 0 Å². The second-order valence-corrected chi connectivity index (χ2v) is 5.77. The van der Waals surface area contributed by atoms with Crippen molar-refractivity contribution in [2.75, 3.05) is 11.9 Å². The van der Waals surface area contributed by atoms with Crippen molar-refractivity contribution in [3.05, 3.63) is 28.3 Å². The predicted molar refractivity (Wildman–Crippen MR) is 80.5 cm³/mol. The highest BCUT2D eigenvalue weighted by Crippen LogP contribution is 2.18. The van der Waals surface area contributed by atoms with Gasteiger partial charge in [-0.1, -0.05) is 6.92 Å². The lowest BCUT2D eigenvalue weighted by Crippen LogP contribution is -2.32. The van der Waals surface area contributed by atoms with E-state index in [0.717, 1.165) is 15.4 Å². The van der Waals surface area contributed by atoms with Crippen LogP contribution in [0.1, 0.15) is 23.5 Å². The molecular formula is C13H17F2N5OS. The molecule has 2 aromatic rings. The molecule has 2 N–H and O–H groups in total. The number of aryl methyl sites for hydroxylation is 1. The fourth-order valence-electron chi connectivity index (χ4n) is 1.76. The summed E-state index contributed by atoms with van der Waals surface area (Å²) in [7, 11) is 0. The largest absolute Gasteiger partial charge is 0.337 e. The Morgan fingerprint density at radius 2 is 2.27 bits per heavy atom. The molecule has 0 spiro atoms. The first-order chi connectivity index (χ1) is 10.4. The van der Waals surface area contributed by atoms with E-state index in [0.29, 0.717) is 6.54 Å². The number of hydrogen-bond donors (Lipinski definition) is 2. The Labute approximate surface area is 130 Å². The molecular weight excluding hydrogens is 312 g/mol. The van der Waals surface area contributed by atoms with Crippen molar-refractivity contribution in [1.29, 1.82) is 0 Å². The minimum atomic E-state index is -2.48.